The van der Waals surface area contributed by atoms with Crippen molar-refractivity contribution >= 4 is 11.7 Å². The van der Waals surface area contributed by atoms with Crippen LogP contribution in [-0.2, 0) is 0 Å². The predicted molar refractivity (Wildman–Crippen MR) is 58.7 cm³/mol. The Kier molecular flexibility index (Phi) is 3.12. The van der Waals surface area contributed by atoms with Gasteiger partial charge in [-0.2, -0.15) is 0 Å². The summed E-state index contributed by atoms with van der Waals surface area (Å²) in [5.74, 6) is 0. The number of urea groups is 1. The maximum atomic E-state index is 11.6. The highest BCUT2D eigenvalue weighted by molar-refractivity contribution is 5.91. The maximum absolute atomic E-state index is 11.6. The predicted octanol–water partition coefficient (Wildman–Crippen LogP) is 2.11. The molecule has 76 valence electrons. The fourth-order valence-corrected chi connectivity index (χ4v) is 1.34. The Morgan fingerprint density at radius 1 is 1.14 bits per heavy atom. The van der Waals surface area contributed by atoms with E-state index >= 15 is 0 Å². The number of rotatable bonds is 1. The van der Waals surface area contributed by atoms with Gasteiger partial charge in [0.15, 0.2) is 0 Å². The number of aryl methyl sites for hydroxylation is 1. The van der Waals surface area contributed by atoms with E-state index in [0.29, 0.717) is 0 Å². The number of carbonyl (C=O) groups is 1. The molecular formula is C11H16N2O. The number of hydrogen-bond donors (Lipinski definition) is 0. The van der Waals surface area contributed by atoms with Crippen molar-refractivity contribution in [2.24, 2.45) is 0 Å². The van der Waals surface area contributed by atoms with E-state index in [0.717, 1.165) is 11.3 Å². The van der Waals surface area contributed by atoms with Crippen molar-refractivity contribution in [3.63, 3.8) is 0 Å². The molecule has 14 heavy (non-hydrogen) atoms. The number of amides is 2. The van der Waals surface area contributed by atoms with Crippen LogP contribution in [0.5, 0.6) is 0 Å². The number of para-hydroxylation sites is 1. The molecule has 0 aromatic heterocycles. The van der Waals surface area contributed by atoms with E-state index < -0.39 is 0 Å². The maximum Gasteiger partial charge on any atom is 0.323 e. The molecule has 0 bridgehead atoms. The fourth-order valence-electron chi connectivity index (χ4n) is 1.34. The van der Waals surface area contributed by atoms with Gasteiger partial charge in [-0.1, -0.05) is 18.2 Å². The Balaban J connectivity index is 2.95. The molecular weight excluding hydrogens is 176 g/mol. The summed E-state index contributed by atoms with van der Waals surface area (Å²) in [5, 5.41) is 0. The van der Waals surface area contributed by atoms with E-state index in [4.69, 9.17) is 0 Å². The van der Waals surface area contributed by atoms with Crippen molar-refractivity contribution < 1.29 is 4.79 Å². The highest BCUT2D eigenvalue weighted by Crippen LogP contribution is 2.18. The summed E-state index contributed by atoms with van der Waals surface area (Å²) >= 11 is 0. The summed E-state index contributed by atoms with van der Waals surface area (Å²) in [6.07, 6.45) is 0. The van der Waals surface area contributed by atoms with E-state index in [1.807, 2.05) is 31.2 Å². The van der Waals surface area contributed by atoms with Gasteiger partial charge in [0.05, 0.1) is 0 Å². The molecule has 0 aliphatic heterocycles. The second-order valence-electron chi connectivity index (χ2n) is 3.52. The minimum atomic E-state index is -0.0145. The SMILES string of the molecule is Cc1ccccc1N(C)C(=O)N(C)C. The lowest BCUT2D eigenvalue weighted by molar-refractivity contribution is 0.225. The van der Waals surface area contributed by atoms with Crippen molar-refractivity contribution in [1.82, 2.24) is 4.90 Å². The van der Waals surface area contributed by atoms with Crippen LogP contribution < -0.4 is 4.90 Å². The molecule has 1 rings (SSSR count). The van der Waals surface area contributed by atoms with Crippen molar-refractivity contribution in [3.05, 3.63) is 29.8 Å². The third kappa shape index (κ3) is 2.05. The van der Waals surface area contributed by atoms with Gasteiger partial charge in [-0.15, -0.1) is 0 Å². The Labute approximate surface area is 84.9 Å². The standard InChI is InChI=1S/C11H16N2O/c1-9-7-5-6-8-10(9)13(4)11(14)12(2)3/h5-8H,1-4H3. The molecule has 2 amide bonds. The molecule has 0 N–H and O–H groups in total. The van der Waals surface area contributed by atoms with Gasteiger partial charge in [0.25, 0.3) is 0 Å². The lowest BCUT2D eigenvalue weighted by Gasteiger charge is -2.23. The first-order chi connectivity index (χ1) is 6.54. The lowest BCUT2D eigenvalue weighted by atomic mass is 10.2. The average Bonchev–Trinajstić information content (AvgIpc) is 2.16. The third-order valence-electron chi connectivity index (χ3n) is 2.15. The summed E-state index contributed by atoms with van der Waals surface area (Å²) in [5.41, 5.74) is 2.05. The lowest BCUT2D eigenvalue weighted by Crippen LogP contribution is -2.36. The number of anilines is 1. The molecule has 0 heterocycles. The quantitative estimate of drug-likeness (QED) is 0.668. The Hall–Kier alpha value is -1.51. The van der Waals surface area contributed by atoms with Crippen LogP contribution in [-0.4, -0.2) is 32.1 Å². The van der Waals surface area contributed by atoms with Gasteiger partial charge in [0.1, 0.15) is 0 Å². The topological polar surface area (TPSA) is 23.6 Å². The highest BCUT2D eigenvalue weighted by Gasteiger charge is 2.13. The van der Waals surface area contributed by atoms with E-state index in [1.54, 1.807) is 30.9 Å². The zero-order valence-corrected chi connectivity index (χ0v) is 9.11. The Morgan fingerprint density at radius 3 is 2.21 bits per heavy atom. The first-order valence-corrected chi connectivity index (χ1v) is 4.54. The molecule has 0 atom stereocenters. The van der Waals surface area contributed by atoms with Crippen molar-refractivity contribution in [3.8, 4) is 0 Å². The van der Waals surface area contributed by atoms with E-state index in [9.17, 15) is 4.79 Å². The molecule has 0 radical (unpaired) electrons. The van der Waals surface area contributed by atoms with Crippen LogP contribution in [0, 0.1) is 6.92 Å². The summed E-state index contributed by atoms with van der Waals surface area (Å²) in [4.78, 5) is 14.9. The smallest absolute Gasteiger partial charge is 0.323 e. The van der Waals surface area contributed by atoms with Gasteiger partial charge >= 0.3 is 6.03 Å². The van der Waals surface area contributed by atoms with Crippen LogP contribution in [0.4, 0.5) is 10.5 Å². The molecule has 1 aromatic carbocycles. The second-order valence-corrected chi connectivity index (χ2v) is 3.52. The van der Waals surface area contributed by atoms with Gasteiger partial charge in [-0.25, -0.2) is 4.79 Å². The third-order valence-corrected chi connectivity index (χ3v) is 2.15. The summed E-state index contributed by atoms with van der Waals surface area (Å²) < 4.78 is 0. The molecule has 0 spiro atoms. The molecule has 0 saturated heterocycles. The molecule has 0 fully saturated rings. The zero-order chi connectivity index (χ0) is 10.7. The van der Waals surface area contributed by atoms with Crippen LogP contribution in [0.3, 0.4) is 0 Å². The number of benzene rings is 1. The Morgan fingerprint density at radius 2 is 1.71 bits per heavy atom. The summed E-state index contributed by atoms with van der Waals surface area (Å²) in [7, 11) is 5.28. The van der Waals surface area contributed by atoms with Crippen molar-refractivity contribution in [2.75, 3.05) is 26.0 Å². The normalized spacial score (nSPS) is 9.71. The van der Waals surface area contributed by atoms with Crippen molar-refractivity contribution in [2.45, 2.75) is 6.92 Å². The van der Waals surface area contributed by atoms with Gasteiger partial charge in [-0.05, 0) is 18.6 Å². The van der Waals surface area contributed by atoms with Gasteiger partial charge < -0.3 is 4.90 Å². The average molecular weight is 192 g/mol. The largest absolute Gasteiger partial charge is 0.330 e. The Bertz CT molecular complexity index is 334. The molecule has 0 aliphatic carbocycles. The van der Waals surface area contributed by atoms with E-state index in [2.05, 4.69) is 0 Å². The van der Waals surface area contributed by atoms with Crippen LogP contribution in [0.15, 0.2) is 24.3 Å². The molecule has 1 aromatic rings. The summed E-state index contributed by atoms with van der Waals surface area (Å²) in [6.45, 7) is 1.99. The first-order valence-electron chi connectivity index (χ1n) is 4.54. The van der Waals surface area contributed by atoms with Crippen LogP contribution in [0.25, 0.3) is 0 Å². The van der Waals surface area contributed by atoms with Gasteiger partial charge in [0, 0.05) is 26.8 Å². The van der Waals surface area contributed by atoms with Gasteiger partial charge in [-0.3, -0.25) is 4.90 Å². The monoisotopic (exact) mass is 192 g/mol. The molecule has 0 aliphatic rings. The molecule has 0 unspecified atom stereocenters. The second kappa shape index (κ2) is 4.13. The van der Waals surface area contributed by atoms with Crippen LogP contribution in [0.1, 0.15) is 5.56 Å². The van der Waals surface area contributed by atoms with Crippen LogP contribution in [0.2, 0.25) is 0 Å². The zero-order valence-electron chi connectivity index (χ0n) is 9.11. The minimum absolute atomic E-state index is 0.0145. The van der Waals surface area contributed by atoms with Gasteiger partial charge in [0.2, 0.25) is 0 Å². The number of nitrogens with zero attached hydrogens (tertiary/aromatic N) is 2. The minimum Gasteiger partial charge on any atom is -0.330 e. The first kappa shape index (κ1) is 10.6. The molecule has 0 saturated carbocycles. The van der Waals surface area contributed by atoms with Crippen molar-refractivity contribution in [1.29, 1.82) is 0 Å². The molecule has 3 heteroatoms. The number of hydrogen-bond acceptors (Lipinski definition) is 1. The number of carbonyl (C=O) groups excluding carboxylic acids is 1. The van der Waals surface area contributed by atoms with E-state index in [-0.39, 0.29) is 6.03 Å². The van der Waals surface area contributed by atoms with Crippen LogP contribution >= 0.6 is 0 Å². The van der Waals surface area contributed by atoms with E-state index in [1.165, 1.54) is 0 Å². The molecule has 3 nitrogen and oxygen atoms in total. The summed E-state index contributed by atoms with van der Waals surface area (Å²) in [6, 6.07) is 7.82. The highest BCUT2D eigenvalue weighted by atomic mass is 16.2. The fraction of sp³-hybridized carbons (Fsp3) is 0.364.